The monoisotopic (exact) mass is 409 g/mol. The molecule has 6 heteroatoms. The fourth-order valence-electron chi connectivity index (χ4n) is 3.62. The van der Waals surface area contributed by atoms with Gasteiger partial charge < -0.3 is 10.0 Å². The fraction of sp³-hybridized carbons (Fsp3) is 0.130. The van der Waals surface area contributed by atoms with E-state index >= 15 is 0 Å². The van der Waals surface area contributed by atoms with Crippen LogP contribution >= 0.6 is 11.6 Å². The Morgan fingerprint density at radius 3 is 2.48 bits per heavy atom. The van der Waals surface area contributed by atoms with Crippen LogP contribution in [0.25, 0.3) is 0 Å². The summed E-state index contributed by atoms with van der Waals surface area (Å²) >= 11 is 5.86. The van der Waals surface area contributed by atoms with Crippen molar-refractivity contribution < 1.29 is 19.1 Å². The molecular weight excluding hydrogens is 393 g/mol. The van der Waals surface area contributed by atoms with Gasteiger partial charge in [-0.2, -0.15) is 0 Å². The molecule has 0 aromatic heterocycles. The average molecular weight is 410 g/mol. The van der Waals surface area contributed by atoms with Crippen LogP contribution in [0.2, 0.25) is 5.02 Å². The lowest BCUT2D eigenvalue weighted by molar-refractivity contribution is -0.136. The zero-order valence-electron chi connectivity index (χ0n) is 15.3. The second kappa shape index (κ2) is 7.43. The smallest absolute Gasteiger partial charge is 0.264 e. The summed E-state index contributed by atoms with van der Waals surface area (Å²) in [5.74, 6) is -1.39. The van der Waals surface area contributed by atoms with Crippen LogP contribution in [0.3, 0.4) is 0 Å². The highest BCUT2D eigenvalue weighted by Gasteiger charge is 2.50. The minimum Gasteiger partial charge on any atom is -0.375 e. The molecule has 29 heavy (non-hydrogen) atoms. The molecule has 1 N–H and O–H groups in total. The molecule has 1 unspecified atom stereocenters. The Morgan fingerprint density at radius 2 is 1.76 bits per heavy atom. The minimum atomic E-state index is -1.99. The Labute approximate surface area is 172 Å². The predicted octanol–water partition coefficient (Wildman–Crippen LogP) is 4.49. The molecule has 0 saturated heterocycles. The lowest BCUT2D eigenvalue weighted by atomic mass is 9.88. The van der Waals surface area contributed by atoms with Crippen molar-refractivity contribution in [3.05, 3.63) is 100 Å². The molecule has 0 radical (unpaired) electrons. The van der Waals surface area contributed by atoms with Crippen molar-refractivity contribution in [1.29, 1.82) is 0 Å². The van der Waals surface area contributed by atoms with E-state index in [-0.39, 0.29) is 12.3 Å². The van der Waals surface area contributed by atoms with E-state index in [0.29, 0.717) is 27.4 Å². The molecule has 0 saturated carbocycles. The molecule has 3 aromatic carbocycles. The number of hydrogen-bond acceptors (Lipinski definition) is 3. The molecule has 146 valence electrons. The number of hydrogen-bond donors (Lipinski definition) is 1. The highest BCUT2D eigenvalue weighted by molar-refractivity contribution is 6.30. The number of para-hydroxylation sites is 1. The number of halogens is 2. The molecule has 0 fully saturated rings. The van der Waals surface area contributed by atoms with Crippen LogP contribution in [0.15, 0.2) is 72.8 Å². The maximum absolute atomic E-state index is 13.6. The number of carbonyl (C=O) groups excluding carboxylic acids is 2. The van der Waals surface area contributed by atoms with Crippen molar-refractivity contribution in [3.63, 3.8) is 0 Å². The third-order valence-corrected chi connectivity index (χ3v) is 5.30. The number of Topliss-reactive ketones (excluding diaryl/α,β-unsaturated/α-hetero) is 1. The van der Waals surface area contributed by atoms with Gasteiger partial charge in [0.15, 0.2) is 11.4 Å². The largest absolute Gasteiger partial charge is 0.375 e. The lowest BCUT2D eigenvalue weighted by Crippen LogP contribution is -2.41. The quantitative estimate of drug-likeness (QED) is 0.632. The Morgan fingerprint density at radius 1 is 1.03 bits per heavy atom. The van der Waals surface area contributed by atoms with E-state index in [2.05, 4.69) is 0 Å². The van der Waals surface area contributed by atoms with Gasteiger partial charge in [-0.05, 0) is 48.0 Å². The molecular formula is C23H17ClFNO3. The summed E-state index contributed by atoms with van der Waals surface area (Å²) < 4.78 is 13.6. The topological polar surface area (TPSA) is 57.6 Å². The summed E-state index contributed by atoms with van der Waals surface area (Å²) in [5.41, 5.74) is -0.171. The summed E-state index contributed by atoms with van der Waals surface area (Å²) in [7, 11) is 0. The number of carbonyl (C=O) groups is 2. The Kier molecular flexibility index (Phi) is 4.94. The van der Waals surface area contributed by atoms with Gasteiger partial charge in [-0.3, -0.25) is 9.59 Å². The number of ketones is 1. The number of aliphatic hydroxyl groups is 1. The van der Waals surface area contributed by atoms with Crippen LogP contribution in [0.5, 0.6) is 0 Å². The third kappa shape index (κ3) is 3.55. The second-order valence-electron chi connectivity index (χ2n) is 7.01. The number of benzene rings is 3. The number of rotatable bonds is 5. The van der Waals surface area contributed by atoms with Crippen LogP contribution in [0.4, 0.5) is 10.1 Å². The van der Waals surface area contributed by atoms with E-state index in [1.54, 1.807) is 60.7 Å². The molecule has 0 aliphatic carbocycles. The van der Waals surface area contributed by atoms with Gasteiger partial charge in [0.1, 0.15) is 5.82 Å². The fourth-order valence-corrected chi connectivity index (χ4v) is 3.75. The average Bonchev–Trinajstić information content (AvgIpc) is 2.91. The van der Waals surface area contributed by atoms with Crippen LogP contribution in [-0.2, 0) is 16.9 Å². The van der Waals surface area contributed by atoms with Gasteiger partial charge in [0, 0.05) is 16.1 Å². The first-order chi connectivity index (χ1) is 13.9. The highest BCUT2D eigenvalue weighted by atomic mass is 35.5. The predicted molar refractivity (Wildman–Crippen MR) is 108 cm³/mol. The minimum absolute atomic E-state index is 0.0883. The molecule has 1 aliphatic heterocycles. The van der Waals surface area contributed by atoms with Gasteiger partial charge in [-0.1, -0.05) is 41.9 Å². The van der Waals surface area contributed by atoms with Gasteiger partial charge in [0.05, 0.1) is 18.7 Å². The van der Waals surface area contributed by atoms with E-state index < -0.39 is 23.7 Å². The van der Waals surface area contributed by atoms with Gasteiger partial charge in [-0.25, -0.2) is 4.39 Å². The first-order valence-electron chi connectivity index (χ1n) is 9.05. The van der Waals surface area contributed by atoms with Gasteiger partial charge in [-0.15, -0.1) is 0 Å². The number of anilines is 1. The Hall–Kier alpha value is -3.02. The maximum Gasteiger partial charge on any atom is 0.264 e. The first kappa shape index (κ1) is 19.3. The van der Waals surface area contributed by atoms with E-state index in [0.717, 1.165) is 0 Å². The summed E-state index contributed by atoms with van der Waals surface area (Å²) in [4.78, 5) is 27.4. The zero-order chi connectivity index (χ0) is 20.6. The van der Waals surface area contributed by atoms with Crippen LogP contribution in [0.1, 0.15) is 27.9 Å². The zero-order valence-corrected chi connectivity index (χ0v) is 16.1. The molecule has 1 aliphatic rings. The van der Waals surface area contributed by atoms with Crippen LogP contribution < -0.4 is 4.90 Å². The molecule has 0 bridgehead atoms. The summed E-state index contributed by atoms with van der Waals surface area (Å²) in [5, 5.41) is 11.8. The van der Waals surface area contributed by atoms with Gasteiger partial charge in [0.2, 0.25) is 0 Å². The van der Waals surface area contributed by atoms with Crippen molar-refractivity contribution in [2.75, 3.05) is 4.90 Å². The van der Waals surface area contributed by atoms with Crippen molar-refractivity contribution >= 4 is 29.0 Å². The van der Waals surface area contributed by atoms with Crippen molar-refractivity contribution in [2.45, 2.75) is 18.6 Å². The Balaban J connectivity index is 1.67. The van der Waals surface area contributed by atoms with E-state index in [9.17, 15) is 19.1 Å². The molecule has 4 rings (SSSR count). The molecule has 3 aromatic rings. The van der Waals surface area contributed by atoms with Gasteiger partial charge >= 0.3 is 0 Å². The Bertz CT molecular complexity index is 1100. The van der Waals surface area contributed by atoms with Gasteiger partial charge in [0.25, 0.3) is 5.91 Å². The van der Waals surface area contributed by atoms with Crippen molar-refractivity contribution in [3.8, 4) is 0 Å². The second-order valence-corrected chi connectivity index (χ2v) is 7.44. The van der Waals surface area contributed by atoms with Crippen LogP contribution in [-0.4, -0.2) is 16.8 Å². The third-order valence-electron chi connectivity index (χ3n) is 5.05. The van der Waals surface area contributed by atoms with E-state index in [1.807, 2.05) is 0 Å². The summed E-state index contributed by atoms with van der Waals surface area (Å²) in [6.45, 7) is 0.0883. The number of amides is 1. The first-order valence-corrected chi connectivity index (χ1v) is 9.43. The van der Waals surface area contributed by atoms with Crippen LogP contribution in [0, 0.1) is 5.82 Å². The van der Waals surface area contributed by atoms with Crippen molar-refractivity contribution in [2.24, 2.45) is 0 Å². The van der Waals surface area contributed by atoms with Crippen molar-refractivity contribution in [1.82, 2.24) is 0 Å². The summed E-state index contributed by atoms with van der Waals surface area (Å²) in [6.07, 6.45) is -0.399. The van der Waals surface area contributed by atoms with E-state index in [1.165, 1.54) is 17.0 Å². The molecule has 1 amide bonds. The standard InChI is InChI=1S/C23H17ClFNO3/c24-17-10-8-16(9-11-17)21(27)13-23(29)19-6-1-2-7-20(19)26(22(23)28)14-15-4-3-5-18(25)12-15/h1-12,29H,13-14H2. The molecule has 1 atom stereocenters. The number of nitrogens with zero attached hydrogens (tertiary/aromatic N) is 1. The highest BCUT2D eigenvalue weighted by Crippen LogP contribution is 2.43. The molecule has 4 nitrogen and oxygen atoms in total. The lowest BCUT2D eigenvalue weighted by Gasteiger charge is -2.23. The molecule has 1 heterocycles. The van der Waals surface area contributed by atoms with E-state index in [4.69, 9.17) is 11.6 Å². The number of fused-ring (bicyclic) bond motifs is 1. The normalized spacial score (nSPS) is 18.0. The summed E-state index contributed by atoms with van der Waals surface area (Å²) in [6, 6.07) is 19.0. The SMILES string of the molecule is O=C(CC1(O)C(=O)N(Cc2cccc(F)c2)c2ccccc21)c1ccc(Cl)cc1. The maximum atomic E-state index is 13.6. The molecule has 0 spiro atoms.